The zero-order valence-corrected chi connectivity index (χ0v) is 10.00. The molecule has 0 atom stereocenters. The third-order valence-electron chi connectivity index (χ3n) is 2.77. The molecule has 0 spiro atoms. The second-order valence-corrected chi connectivity index (χ2v) is 4.05. The molecule has 88 valence electrons. The van der Waals surface area contributed by atoms with Gasteiger partial charge in [0.25, 0.3) is 0 Å². The number of nitrogens with one attached hydrogen (secondary N) is 1. The Morgan fingerprint density at radius 2 is 1.88 bits per heavy atom. The first-order valence-corrected chi connectivity index (χ1v) is 5.58. The molecule has 0 bridgehead atoms. The minimum Gasteiger partial charge on any atom is -0.377 e. The second kappa shape index (κ2) is 4.95. The van der Waals surface area contributed by atoms with Crippen molar-refractivity contribution in [3.05, 3.63) is 59.2 Å². The number of benzene rings is 1. The van der Waals surface area contributed by atoms with E-state index in [0.29, 0.717) is 12.2 Å². The lowest BCUT2D eigenvalue weighted by molar-refractivity contribution is 0.629. The van der Waals surface area contributed by atoms with Gasteiger partial charge in [0, 0.05) is 6.20 Å². The van der Waals surface area contributed by atoms with Crippen LogP contribution in [0, 0.1) is 19.7 Å². The van der Waals surface area contributed by atoms with E-state index in [1.807, 2.05) is 32.0 Å². The number of nitrogens with zero attached hydrogens (tertiary/aromatic N) is 1. The summed E-state index contributed by atoms with van der Waals surface area (Å²) in [6, 6.07) is 8.95. The lowest BCUT2D eigenvalue weighted by Crippen LogP contribution is -2.06. The van der Waals surface area contributed by atoms with E-state index in [1.165, 1.54) is 6.07 Å². The number of rotatable bonds is 3. The highest BCUT2D eigenvalue weighted by molar-refractivity contribution is 5.51. The average Bonchev–Trinajstić information content (AvgIpc) is 2.30. The van der Waals surface area contributed by atoms with Crippen molar-refractivity contribution in [1.82, 2.24) is 4.98 Å². The molecule has 1 heterocycles. The van der Waals surface area contributed by atoms with Crippen molar-refractivity contribution in [3.63, 3.8) is 0 Å². The van der Waals surface area contributed by atoms with Crippen LogP contribution in [0.1, 0.15) is 16.8 Å². The maximum absolute atomic E-state index is 13.6. The molecule has 1 aromatic carbocycles. The topological polar surface area (TPSA) is 24.9 Å². The van der Waals surface area contributed by atoms with Crippen molar-refractivity contribution in [2.75, 3.05) is 5.32 Å². The number of halogens is 1. The number of hydrogen-bond acceptors (Lipinski definition) is 2. The Hall–Kier alpha value is -1.90. The van der Waals surface area contributed by atoms with E-state index in [1.54, 1.807) is 12.3 Å². The van der Waals surface area contributed by atoms with Crippen molar-refractivity contribution in [2.24, 2.45) is 0 Å². The van der Waals surface area contributed by atoms with Gasteiger partial charge in [0.1, 0.15) is 5.82 Å². The van der Waals surface area contributed by atoms with E-state index in [0.717, 1.165) is 16.8 Å². The van der Waals surface area contributed by atoms with Gasteiger partial charge in [-0.3, -0.25) is 4.98 Å². The molecule has 1 N–H and O–H groups in total. The molecular formula is C14H15FN2. The number of aromatic nitrogens is 1. The first kappa shape index (κ1) is 11.6. The number of aryl methyl sites for hydroxylation is 2. The van der Waals surface area contributed by atoms with E-state index in [2.05, 4.69) is 10.3 Å². The maximum Gasteiger partial charge on any atom is 0.146 e. The minimum atomic E-state index is -0.224. The molecule has 0 amide bonds. The minimum absolute atomic E-state index is 0.224. The molecule has 3 heteroatoms. The predicted molar refractivity (Wildman–Crippen MR) is 67.4 cm³/mol. The molecule has 0 aliphatic rings. The van der Waals surface area contributed by atoms with Crippen LogP contribution in [0.2, 0.25) is 0 Å². The van der Waals surface area contributed by atoms with Crippen molar-refractivity contribution in [3.8, 4) is 0 Å². The summed E-state index contributed by atoms with van der Waals surface area (Å²) in [4.78, 5) is 4.27. The smallest absolute Gasteiger partial charge is 0.146 e. The quantitative estimate of drug-likeness (QED) is 0.873. The summed E-state index contributed by atoms with van der Waals surface area (Å²) in [5, 5.41) is 3.10. The highest BCUT2D eigenvalue weighted by atomic mass is 19.1. The molecule has 1 aromatic heterocycles. The highest BCUT2D eigenvalue weighted by Gasteiger charge is 2.05. The van der Waals surface area contributed by atoms with Crippen LogP contribution in [0.3, 0.4) is 0 Å². The van der Waals surface area contributed by atoms with Gasteiger partial charge in [0.2, 0.25) is 0 Å². The molecule has 0 fully saturated rings. The number of pyridine rings is 1. The largest absolute Gasteiger partial charge is 0.377 e. The van der Waals surface area contributed by atoms with Crippen molar-refractivity contribution < 1.29 is 4.39 Å². The molecule has 0 radical (unpaired) electrons. The summed E-state index contributed by atoms with van der Waals surface area (Å²) >= 11 is 0. The predicted octanol–water partition coefficient (Wildman–Crippen LogP) is 3.45. The highest BCUT2D eigenvalue weighted by Crippen LogP contribution is 2.19. The van der Waals surface area contributed by atoms with Crippen LogP contribution >= 0.6 is 0 Å². The van der Waals surface area contributed by atoms with Crippen LogP contribution in [0.15, 0.2) is 36.5 Å². The first-order valence-electron chi connectivity index (χ1n) is 5.58. The zero-order chi connectivity index (χ0) is 12.3. The Balaban J connectivity index is 2.16. The van der Waals surface area contributed by atoms with Crippen LogP contribution in [-0.4, -0.2) is 4.98 Å². The molecular weight excluding hydrogens is 215 g/mol. The fraction of sp³-hybridized carbons (Fsp3) is 0.214. The van der Waals surface area contributed by atoms with Gasteiger partial charge in [-0.25, -0.2) is 4.39 Å². The third kappa shape index (κ3) is 2.61. The molecule has 2 aromatic rings. The standard InChI is InChI=1S/C14H15FN2/c1-10-6-4-8-16-13(10)9-17-14-11(2)5-3-7-12(14)15/h3-8,17H,9H2,1-2H3. The van der Waals surface area contributed by atoms with E-state index < -0.39 is 0 Å². The third-order valence-corrected chi connectivity index (χ3v) is 2.77. The van der Waals surface area contributed by atoms with Crippen LogP contribution in [-0.2, 0) is 6.54 Å². The molecule has 0 aliphatic heterocycles. The van der Waals surface area contributed by atoms with Gasteiger partial charge in [-0.1, -0.05) is 18.2 Å². The maximum atomic E-state index is 13.6. The normalized spacial score (nSPS) is 10.3. The van der Waals surface area contributed by atoms with E-state index in [4.69, 9.17) is 0 Å². The van der Waals surface area contributed by atoms with Gasteiger partial charge in [0.15, 0.2) is 0 Å². The molecule has 0 unspecified atom stereocenters. The molecule has 17 heavy (non-hydrogen) atoms. The van der Waals surface area contributed by atoms with Crippen LogP contribution in [0.25, 0.3) is 0 Å². The summed E-state index contributed by atoms with van der Waals surface area (Å²) in [7, 11) is 0. The summed E-state index contributed by atoms with van der Waals surface area (Å²) < 4.78 is 13.6. The van der Waals surface area contributed by atoms with Gasteiger partial charge >= 0.3 is 0 Å². The summed E-state index contributed by atoms with van der Waals surface area (Å²) in [5.74, 6) is -0.224. The van der Waals surface area contributed by atoms with Gasteiger partial charge < -0.3 is 5.32 Å². The molecule has 0 saturated carbocycles. The van der Waals surface area contributed by atoms with E-state index >= 15 is 0 Å². The average molecular weight is 230 g/mol. The fourth-order valence-electron chi connectivity index (χ4n) is 1.73. The van der Waals surface area contributed by atoms with E-state index in [9.17, 15) is 4.39 Å². The lowest BCUT2D eigenvalue weighted by atomic mass is 10.1. The van der Waals surface area contributed by atoms with Gasteiger partial charge in [-0.15, -0.1) is 0 Å². The number of hydrogen-bond donors (Lipinski definition) is 1. The Kier molecular flexibility index (Phi) is 3.38. The van der Waals surface area contributed by atoms with Crippen LogP contribution in [0.4, 0.5) is 10.1 Å². The fourth-order valence-corrected chi connectivity index (χ4v) is 1.73. The van der Waals surface area contributed by atoms with Gasteiger partial charge in [-0.2, -0.15) is 0 Å². The summed E-state index contributed by atoms with van der Waals surface area (Å²) in [6.07, 6.45) is 1.75. The zero-order valence-electron chi connectivity index (χ0n) is 10.00. The Morgan fingerprint density at radius 1 is 1.12 bits per heavy atom. The van der Waals surface area contributed by atoms with Crippen molar-refractivity contribution in [2.45, 2.75) is 20.4 Å². The van der Waals surface area contributed by atoms with E-state index in [-0.39, 0.29) is 5.82 Å². The van der Waals surface area contributed by atoms with Crippen molar-refractivity contribution >= 4 is 5.69 Å². The van der Waals surface area contributed by atoms with Gasteiger partial charge in [0.05, 0.1) is 17.9 Å². The molecule has 2 nitrogen and oxygen atoms in total. The lowest BCUT2D eigenvalue weighted by Gasteiger charge is -2.11. The van der Waals surface area contributed by atoms with Crippen LogP contribution < -0.4 is 5.32 Å². The van der Waals surface area contributed by atoms with Crippen LogP contribution in [0.5, 0.6) is 0 Å². The Bertz CT molecular complexity index is 503. The molecule has 0 aliphatic carbocycles. The van der Waals surface area contributed by atoms with Gasteiger partial charge in [-0.05, 0) is 37.1 Å². The Labute approximate surface area is 101 Å². The molecule has 0 saturated heterocycles. The SMILES string of the molecule is Cc1cccnc1CNc1c(C)cccc1F. The molecule has 2 rings (SSSR count). The first-order chi connectivity index (χ1) is 8.18. The van der Waals surface area contributed by atoms with Crippen molar-refractivity contribution in [1.29, 1.82) is 0 Å². The Morgan fingerprint density at radius 3 is 2.59 bits per heavy atom. The second-order valence-electron chi connectivity index (χ2n) is 4.05. The monoisotopic (exact) mass is 230 g/mol. The number of para-hydroxylation sites is 1. The number of anilines is 1. The summed E-state index contributed by atoms with van der Waals surface area (Å²) in [5.41, 5.74) is 3.50. The summed E-state index contributed by atoms with van der Waals surface area (Å²) in [6.45, 7) is 4.42.